The van der Waals surface area contributed by atoms with Gasteiger partial charge in [0.05, 0.1) is 0 Å². The Balaban J connectivity index is 2.36. The quantitative estimate of drug-likeness (QED) is 0.848. The summed E-state index contributed by atoms with van der Waals surface area (Å²) in [5.41, 5.74) is 3.50. The van der Waals surface area contributed by atoms with Crippen LogP contribution in [0.3, 0.4) is 0 Å². The standard InChI is InChI=1S/C17H27N/c1-13(2)17(12-18-14(3)4)11-7-9-15-8-5-6-10-16(15)17/h5-6,8,10,13-14,18H,7,9,11-12H2,1-4H3. The van der Waals surface area contributed by atoms with E-state index in [4.69, 9.17) is 0 Å². The summed E-state index contributed by atoms with van der Waals surface area (Å²) in [7, 11) is 0. The van der Waals surface area contributed by atoms with Crippen LogP contribution >= 0.6 is 0 Å². The fourth-order valence-corrected chi connectivity index (χ4v) is 3.33. The van der Waals surface area contributed by atoms with Crippen molar-refractivity contribution in [2.45, 2.75) is 58.4 Å². The van der Waals surface area contributed by atoms with Crippen molar-refractivity contribution in [1.82, 2.24) is 5.32 Å². The summed E-state index contributed by atoms with van der Waals surface area (Å²) >= 11 is 0. The van der Waals surface area contributed by atoms with Crippen molar-refractivity contribution in [2.24, 2.45) is 5.92 Å². The number of aryl methyl sites for hydroxylation is 1. The Labute approximate surface area is 112 Å². The highest BCUT2D eigenvalue weighted by Crippen LogP contribution is 2.42. The van der Waals surface area contributed by atoms with Crippen molar-refractivity contribution < 1.29 is 0 Å². The Bertz CT molecular complexity index is 394. The van der Waals surface area contributed by atoms with Crippen molar-refractivity contribution >= 4 is 0 Å². The van der Waals surface area contributed by atoms with Crippen LogP contribution < -0.4 is 5.32 Å². The Hall–Kier alpha value is -0.820. The molecule has 1 unspecified atom stereocenters. The monoisotopic (exact) mass is 245 g/mol. The maximum Gasteiger partial charge on any atom is 0.0104 e. The van der Waals surface area contributed by atoms with Crippen molar-refractivity contribution in [3.63, 3.8) is 0 Å². The molecule has 1 heteroatoms. The second-order valence-corrected chi connectivity index (χ2v) is 6.36. The van der Waals surface area contributed by atoms with Crippen molar-refractivity contribution in [3.05, 3.63) is 35.4 Å². The first-order chi connectivity index (χ1) is 8.56. The number of hydrogen-bond donors (Lipinski definition) is 1. The van der Waals surface area contributed by atoms with Gasteiger partial charge in [0.1, 0.15) is 0 Å². The zero-order valence-electron chi connectivity index (χ0n) is 12.3. The molecule has 0 spiro atoms. The van der Waals surface area contributed by atoms with Gasteiger partial charge in [0.15, 0.2) is 0 Å². The van der Waals surface area contributed by atoms with Crippen molar-refractivity contribution in [2.75, 3.05) is 6.54 Å². The molecule has 1 nitrogen and oxygen atoms in total. The van der Waals surface area contributed by atoms with Crippen LogP contribution in [0.15, 0.2) is 24.3 Å². The summed E-state index contributed by atoms with van der Waals surface area (Å²) in [6.07, 6.45) is 3.91. The summed E-state index contributed by atoms with van der Waals surface area (Å²) in [5, 5.41) is 3.68. The third-order valence-corrected chi connectivity index (χ3v) is 4.55. The van der Waals surface area contributed by atoms with E-state index in [1.54, 1.807) is 11.1 Å². The topological polar surface area (TPSA) is 12.0 Å². The zero-order chi connectivity index (χ0) is 13.2. The average Bonchev–Trinajstić information content (AvgIpc) is 2.36. The molecule has 100 valence electrons. The molecule has 0 aromatic heterocycles. The minimum Gasteiger partial charge on any atom is -0.314 e. The molecule has 1 aliphatic rings. The number of nitrogens with one attached hydrogen (secondary N) is 1. The van der Waals surface area contributed by atoms with Crippen LogP contribution in [0.5, 0.6) is 0 Å². The van der Waals surface area contributed by atoms with Gasteiger partial charge in [0.25, 0.3) is 0 Å². The van der Waals surface area contributed by atoms with Crippen LogP contribution in [0.1, 0.15) is 51.7 Å². The van der Waals surface area contributed by atoms with E-state index in [1.165, 1.54) is 19.3 Å². The third-order valence-electron chi connectivity index (χ3n) is 4.55. The summed E-state index contributed by atoms with van der Waals surface area (Å²) < 4.78 is 0. The van der Waals surface area contributed by atoms with Gasteiger partial charge in [-0.15, -0.1) is 0 Å². The lowest BCUT2D eigenvalue weighted by Crippen LogP contribution is -2.46. The fourth-order valence-electron chi connectivity index (χ4n) is 3.33. The number of rotatable bonds is 4. The lowest BCUT2D eigenvalue weighted by molar-refractivity contribution is 0.245. The lowest BCUT2D eigenvalue weighted by atomic mass is 9.63. The van der Waals surface area contributed by atoms with Gasteiger partial charge in [-0.3, -0.25) is 0 Å². The largest absolute Gasteiger partial charge is 0.314 e. The van der Waals surface area contributed by atoms with Crippen LogP contribution in [-0.2, 0) is 11.8 Å². The first kappa shape index (κ1) is 13.6. The van der Waals surface area contributed by atoms with Gasteiger partial charge in [-0.2, -0.15) is 0 Å². The average molecular weight is 245 g/mol. The van der Waals surface area contributed by atoms with Gasteiger partial charge in [0, 0.05) is 18.0 Å². The smallest absolute Gasteiger partial charge is 0.0104 e. The van der Waals surface area contributed by atoms with E-state index in [-0.39, 0.29) is 0 Å². The van der Waals surface area contributed by atoms with E-state index in [2.05, 4.69) is 57.3 Å². The van der Waals surface area contributed by atoms with Gasteiger partial charge >= 0.3 is 0 Å². The predicted octanol–water partition coefficient (Wildman–Crippen LogP) is 3.91. The maximum absolute atomic E-state index is 3.68. The fraction of sp³-hybridized carbons (Fsp3) is 0.647. The van der Waals surface area contributed by atoms with Crippen LogP contribution in [-0.4, -0.2) is 12.6 Å². The minimum atomic E-state index is 0.332. The Morgan fingerprint density at radius 3 is 2.56 bits per heavy atom. The molecule has 0 heterocycles. The van der Waals surface area contributed by atoms with Crippen molar-refractivity contribution in [1.29, 1.82) is 0 Å². The minimum absolute atomic E-state index is 0.332. The van der Waals surface area contributed by atoms with E-state index in [0.29, 0.717) is 17.4 Å². The highest BCUT2D eigenvalue weighted by atomic mass is 14.9. The van der Waals surface area contributed by atoms with E-state index in [9.17, 15) is 0 Å². The molecule has 0 fully saturated rings. The van der Waals surface area contributed by atoms with E-state index >= 15 is 0 Å². The predicted molar refractivity (Wildman–Crippen MR) is 79.0 cm³/mol. The summed E-state index contributed by atoms with van der Waals surface area (Å²) in [5.74, 6) is 0.685. The first-order valence-electron chi connectivity index (χ1n) is 7.38. The summed E-state index contributed by atoms with van der Waals surface area (Å²) in [6, 6.07) is 9.63. The Morgan fingerprint density at radius 2 is 1.89 bits per heavy atom. The van der Waals surface area contributed by atoms with E-state index < -0.39 is 0 Å². The second-order valence-electron chi connectivity index (χ2n) is 6.36. The first-order valence-corrected chi connectivity index (χ1v) is 7.38. The molecule has 1 N–H and O–H groups in total. The summed E-state index contributed by atoms with van der Waals surface area (Å²) in [6.45, 7) is 10.3. The van der Waals surface area contributed by atoms with E-state index in [0.717, 1.165) is 6.54 Å². The number of fused-ring (bicyclic) bond motifs is 1. The molecule has 18 heavy (non-hydrogen) atoms. The Morgan fingerprint density at radius 1 is 1.17 bits per heavy atom. The second kappa shape index (κ2) is 5.44. The van der Waals surface area contributed by atoms with Crippen LogP contribution in [0.2, 0.25) is 0 Å². The molecule has 0 bridgehead atoms. The van der Waals surface area contributed by atoms with Crippen LogP contribution in [0.25, 0.3) is 0 Å². The van der Waals surface area contributed by atoms with Gasteiger partial charge in [-0.1, -0.05) is 52.0 Å². The van der Waals surface area contributed by atoms with Gasteiger partial charge in [-0.05, 0) is 36.3 Å². The highest BCUT2D eigenvalue weighted by Gasteiger charge is 2.38. The van der Waals surface area contributed by atoms with Crippen molar-refractivity contribution in [3.8, 4) is 0 Å². The third kappa shape index (κ3) is 2.47. The molecule has 1 aromatic carbocycles. The highest BCUT2D eigenvalue weighted by molar-refractivity contribution is 5.37. The molecule has 1 aliphatic carbocycles. The molecule has 2 rings (SSSR count). The molecule has 0 saturated carbocycles. The number of benzene rings is 1. The normalized spacial score (nSPS) is 23.4. The number of hydrogen-bond acceptors (Lipinski definition) is 1. The molecular weight excluding hydrogens is 218 g/mol. The lowest BCUT2D eigenvalue weighted by Gasteiger charge is -2.43. The SMILES string of the molecule is CC(C)NCC1(C(C)C)CCCc2ccccc21. The molecule has 1 aromatic rings. The van der Waals surface area contributed by atoms with Crippen LogP contribution in [0, 0.1) is 5.92 Å². The van der Waals surface area contributed by atoms with Crippen LogP contribution in [0.4, 0.5) is 0 Å². The molecule has 1 atom stereocenters. The van der Waals surface area contributed by atoms with Gasteiger partial charge in [0.2, 0.25) is 0 Å². The molecular formula is C17H27N. The molecule has 0 saturated heterocycles. The van der Waals surface area contributed by atoms with E-state index in [1.807, 2.05) is 0 Å². The Kier molecular flexibility index (Phi) is 4.11. The molecule has 0 amide bonds. The maximum atomic E-state index is 3.68. The van der Waals surface area contributed by atoms with Gasteiger partial charge in [-0.25, -0.2) is 0 Å². The summed E-state index contributed by atoms with van der Waals surface area (Å²) in [4.78, 5) is 0. The zero-order valence-corrected chi connectivity index (χ0v) is 12.3. The molecule has 0 aliphatic heterocycles. The molecule has 0 radical (unpaired) electrons. The van der Waals surface area contributed by atoms with Gasteiger partial charge < -0.3 is 5.32 Å².